The van der Waals surface area contributed by atoms with Crippen molar-refractivity contribution in [2.45, 2.75) is 26.7 Å². The van der Waals surface area contributed by atoms with Crippen LogP contribution in [0.4, 0.5) is 0 Å². The Balaban J connectivity index is 3.13. The monoisotopic (exact) mass is 222 g/mol. The van der Waals surface area contributed by atoms with Gasteiger partial charge in [-0.15, -0.1) is 0 Å². The molecular weight excluding hydrogens is 204 g/mol. The van der Waals surface area contributed by atoms with Crippen LogP contribution in [0, 0.1) is 13.8 Å². The van der Waals surface area contributed by atoms with Crippen LogP contribution in [-0.4, -0.2) is 13.0 Å². The number of nitrogens with two attached hydrogens (primary N) is 1. The van der Waals surface area contributed by atoms with Crippen LogP contribution < -0.4 is 16.0 Å². The second kappa shape index (κ2) is 4.99. The van der Waals surface area contributed by atoms with E-state index in [1.807, 2.05) is 32.9 Å². The predicted octanol–water partition coefficient (Wildman–Crippen LogP) is 1.41. The summed E-state index contributed by atoms with van der Waals surface area (Å²) in [5, 5.41) is 0. The Morgan fingerprint density at radius 2 is 1.88 bits per heavy atom. The van der Waals surface area contributed by atoms with Gasteiger partial charge in [-0.05, 0) is 37.5 Å². The molecule has 88 valence electrons. The highest BCUT2D eigenvalue weighted by Crippen LogP contribution is 2.27. The smallest absolute Gasteiger partial charge is 0.241 e. The van der Waals surface area contributed by atoms with Gasteiger partial charge in [-0.25, -0.2) is 5.84 Å². The Hall–Kier alpha value is -1.55. The van der Waals surface area contributed by atoms with Gasteiger partial charge in [0.2, 0.25) is 5.91 Å². The second-order valence-corrected chi connectivity index (χ2v) is 3.92. The molecule has 16 heavy (non-hydrogen) atoms. The van der Waals surface area contributed by atoms with E-state index in [0.717, 1.165) is 22.4 Å². The van der Waals surface area contributed by atoms with Crippen molar-refractivity contribution in [3.63, 3.8) is 0 Å². The SMILES string of the molecule is COc1c(C)cc(C(C)C(=O)NN)cc1C. The molecule has 1 atom stereocenters. The van der Waals surface area contributed by atoms with E-state index in [9.17, 15) is 4.79 Å². The average Bonchev–Trinajstić information content (AvgIpc) is 2.26. The maximum Gasteiger partial charge on any atom is 0.241 e. The lowest BCUT2D eigenvalue weighted by atomic mass is 9.96. The molecule has 1 aromatic rings. The number of carbonyl (C=O) groups excluding carboxylic acids is 1. The number of amides is 1. The fraction of sp³-hybridized carbons (Fsp3) is 0.417. The molecule has 1 amide bonds. The van der Waals surface area contributed by atoms with Crippen LogP contribution in [0.1, 0.15) is 29.5 Å². The summed E-state index contributed by atoms with van der Waals surface area (Å²) >= 11 is 0. The van der Waals surface area contributed by atoms with Crippen molar-refractivity contribution in [3.05, 3.63) is 28.8 Å². The van der Waals surface area contributed by atoms with Crippen molar-refractivity contribution in [1.29, 1.82) is 0 Å². The van der Waals surface area contributed by atoms with Crippen molar-refractivity contribution in [1.82, 2.24) is 5.43 Å². The fourth-order valence-corrected chi connectivity index (χ4v) is 1.83. The first-order chi connectivity index (χ1) is 7.51. The molecule has 0 saturated carbocycles. The summed E-state index contributed by atoms with van der Waals surface area (Å²) in [6, 6.07) is 3.90. The van der Waals surface area contributed by atoms with Crippen LogP contribution in [0.25, 0.3) is 0 Å². The summed E-state index contributed by atoms with van der Waals surface area (Å²) in [4.78, 5) is 11.4. The van der Waals surface area contributed by atoms with Crippen molar-refractivity contribution < 1.29 is 9.53 Å². The summed E-state index contributed by atoms with van der Waals surface area (Å²) < 4.78 is 5.27. The molecule has 4 heteroatoms. The Kier molecular flexibility index (Phi) is 3.90. The standard InChI is InChI=1S/C12H18N2O2/c1-7-5-10(9(3)12(15)14-13)6-8(2)11(7)16-4/h5-6,9H,13H2,1-4H3,(H,14,15). The van der Waals surface area contributed by atoms with Crippen LogP contribution in [0.5, 0.6) is 5.75 Å². The molecule has 3 N–H and O–H groups in total. The molecule has 0 aliphatic heterocycles. The zero-order valence-corrected chi connectivity index (χ0v) is 10.1. The summed E-state index contributed by atoms with van der Waals surface area (Å²) in [5.74, 6) is 5.54. The molecule has 1 aromatic carbocycles. The third kappa shape index (κ3) is 2.33. The van der Waals surface area contributed by atoms with Crippen molar-refractivity contribution >= 4 is 5.91 Å². The minimum absolute atomic E-state index is 0.191. The van der Waals surface area contributed by atoms with Crippen LogP contribution in [0.3, 0.4) is 0 Å². The highest BCUT2D eigenvalue weighted by atomic mass is 16.5. The molecule has 0 saturated heterocycles. The minimum atomic E-state index is -0.256. The Morgan fingerprint density at radius 1 is 1.38 bits per heavy atom. The molecule has 1 rings (SSSR count). The highest BCUT2D eigenvalue weighted by Gasteiger charge is 2.16. The molecule has 0 spiro atoms. The third-order valence-corrected chi connectivity index (χ3v) is 2.72. The summed E-state index contributed by atoms with van der Waals surface area (Å²) in [5.41, 5.74) is 5.15. The van der Waals surface area contributed by atoms with E-state index in [4.69, 9.17) is 10.6 Å². The van der Waals surface area contributed by atoms with Crippen molar-refractivity contribution in [3.8, 4) is 5.75 Å². The number of rotatable bonds is 3. The lowest BCUT2D eigenvalue weighted by molar-refractivity contribution is -0.122. The first kappa shape index (κ1) is 12.5. The number of methoxy groups -OCH3 is 1. The third-order valence-electron chi connectivity index (χ3n) is 2.72. The van der Waals surface area contributed by atoms with Crippen LogP contribution in [0.2, 0.25) is 0 Å². The topological polar surface area (TPSA) is 64.3 Å². The summed E-state index contributed by atoms with van der Waals surface area (Å²) in [7, 11) is 1.64. The molecule has 0 heterocycles. The zero-order chi connectivity index (χ0) is 12.3. The quantitative estimate of drug-likeness (QED) is 0.461. The zero-order valence-electron chi connectivity index (χ0n) is 10.1. The maximum atomic E-state index is 11.4. The van der Waals surface area contributed by atoms with Crippen LogP contribution in [-0.2, 0) is 4.79 Å². The van der Waals surface area contributed by atoms with E-state index in [-0.39, 0.29) is 11.8 Å². The Labute approximate surface area is 95.8 Å². The normalized spacial score (nSPS) is 12.1. The van der Waals surface area contributed by atoms with Crippen LogP contribution >= 0.6 is 0 Å². The summed E-state index contributed by atoms with van der Waals surface area (Å²) in [6.07, 6.45) is 0. The molecular formula is C12H18N2O2. The van der Waals surface area contributed by atoms with E-state index in [0.29, 0.717) is 0 Å². The minimum Gasteiger partial charge on any atom is -0.496 e. The molecule has 0 aliphatic rings. The fourth-order valence-electron chi connectivity index (χ4n) is 1.83. The highest BCUT2D eigenvalue weighted by molar-refractivity contribution is 5.82. The molecule has 0 bridgehead atoms. The molecule has 0 aliphatic carbocycles. The first-order valence-corrected chi connectivity index (χ1v) is 5.16. The van der Waals surface area contributed by atoms with E-state index in [1.54, 1.807) is 7.11 Å². The van der Waals surface area contributed by atoms with Crippen LogP contribution in [0.15, 0.2) is 12.1 Å². The summed E-state index contributed by atoms with van der Waals surface area (Å²) in [6.45, 7) is 5.74. The number of nitrogens with one attached hydrogen (secondary N) is 1. The van der Waals surface area contributed by atoms with Gasteiger partial charge in [0.1, 0.15) is 5.75 Å². The number of hydrazine groups is 1. The van der Waals surface area contributed by atoms with Gasteiger partial charge in [0.05, 0.1) is 13.0 Å². The van der Waals surface area contributed by atoms with Gasteiger partial charge in [0, 0.05) is 0 Å². The van der Waals surface area contributed by atoms with E-state index < -0.39 is 0 Å². The van der Waals surface area contributed by atoms with E-state index in [1.165, 1.54) is 0 Å². The van der Waals surface area contributed by atoms with Crippen molar-refractivity contribution in [2.24, 2.45) is 5.84 Å². The lowest BCUT2D eigenvalue weighted by Gasteiger charge is -2.15. The lowest BCUT2D eigenvalue weighted by Crippen LogP contribution is -2.33. The molecule has 0 radical (unpaired) electrons. The second-order valence-electron chi connectivity index (χ2n) is 3.92. The van der Waals surface area contributed by atoms with Gasteiger partial charge in [-0.3, -0.25) is 10.2 Å². The van der Waals surface area contributed by atoms with E-state index >= 15 is 0 Å². The number of benzene rings is 1. The Morgan fingerprint density at radius 3 is 2.25 bits per heavy atom. The predicted molar refractivity (Wildman–Crippen MR) is 63.2 cm³/mol. The largest absolute Gasteiger partial charge is 0.496 e. The molecule has 1 unspecified atom stereocenters. The molecule has 4 nitrogen and oxygen atoms in total. The molecule has 0 aromatic heterocycles. The van der Waals surface area contributed by atoms with Crippen molar-refractivity contribution in [2.75, 3.05) is 7.11 Å². The van der Waals surface area contributed by atoms with Gasteiger partial charge in [0.15, 0.2) is 0 Å². The Bertz CT molecular complexity index is 379. The van der Waals surface area contributed by atoms with Gasteiger partial charge >= 0.3 is 0 Å². The number of hydrogen-bond donors (Lipinski definition) is 2. The number of ether oxygens (including phenoxy) is 1. The van der Waals surface area contributed by atoms with Gasteiger partial charge < -0.3 is 4.74 Å². The maximum absolute atomic E-state index is 11.4. The number of hydrogen-bond acceptors (Lipinski definition) is 3. The first-order valence-electron chi connectivity index (χ1n) is 5.16. The van der Waals surface area contributed by atoms with Gasteiger partial charge in [-0.2, -0.15) is 0 Å². The van der Waals surface area contributed by atoms with Gasteiger partial charge in [-0.1, -0.05) is 12.1 Å². The number of aryl methyl sites for hydroxylation is 2. The average molecular weight is 222 g/mol. The van der Waals surface area contributed by atoms with E-state index in [2.05, 4.69) is 5.43 Å². The number of carbonyl (C=O) groups is 1. The van der Waals surface area contributed by atoms with Gasteiger partial charge in [0.25, 0.3) is 0 Å². The molecule has 0 fully saturated rings.